The molecule has 2 rings (SSSR count). The van der Waals surface area contributed by atoms with Gasteiger partial charge in [0.15, 0.2) is 0 Å². The van der Waals surface area contributed by atoms with Crippen LogP contribution in [-0.4, -0.2) is 16.8 Å². The molecule has 0 aromatic heterocycles. The lowest BCUT2D eigenvalue weighted by Crippen LogP contribution is -1.91. The number of benzene rings is 2. The number of phenolic OH excluding ortho intramolecular Hbond substituents is 2. The average Bonchev–Trinajstić information content (AvgIpc) is 2.36. The van der Waals surface area contributed by atoms with Crippen molar-refractivity contribution in [3.05, 3.63) is 54.1 Å². The lowest BCUT2D eigenvalue weighted by molar-refractivity contribution is 0.370. The van der Waals surface area contributed by atoms with Crippen LogP contribution in [0.1, 0.15) is 5.56 Å². The fourth-order valence-corrected chi connectivity index (χ4v) is 1.38. The van der Waals surface area contributed by atoms with Crippen molar-refractivity contribution in [3.8, 4) is 29.6 Å². The quantitative estimate of drug-likeness (QED) is 0.812. The maximum atomic E-state index is 8.83. The molecule has 2 aromatic rings. The van der Waals surface area contributed by atoms with Gasteiger partial charge >= 0.3 is 0 Å². The van der Waals surface area contributed by atoms with Gasteiger partial charge in [0.05, 0.1) is 0 Å². The van der Waals surface area contributed by atoms with E-state index in [9.17, 15) is 0 Å². The summed E-state index contributed by atoms with van der Waals surface area (Å²) in [5.74, 6) is 3.42. The minimum absolute atomic E-state index is 0.104. The highest BCUT2D eigenvalue weighted by Crippen LogP contribution is 2.18. The number of hydrogen-bond acceptors (Lipinski definition) is 3. The van der Waals surface area contributed by atoms with Gasteiger partial charge in [-0.15, -0.1) is 6.42 Å². The van der Waals surface area contributed by atoms with Gasteiger partial charge in [-0.25, -0.2) is 0 Å². The molecular weight excluding hydrogens is 240 g/mol. The SMILES string of the molecule is C#CCOc1ccccc1.Cc1cc(O)cc(O)c1. The number of para-hydroxylation sites is 1. The topological polar surface area (TPSA) is 49.7 Å². The molecule has 0 radical (unpaired) electrons. The molecule has 0 bridgehead atoms. The van der Waals surface area contributed by atoms with Crippen LogP contribution in [0.4, 0.5) is 0 Å². The Morgan fingerprint density at radius 2 is 1.63 bits per heavy atom. The molecule has 2 aromatic carbocycles. The fraction of sp³-hybridized carbons (Fsp3) is 0.125. The predicted molar refractivity (Wildman–Crippen MR) is 75.3 cm³/mol. The Balaban J connectivity index is 0.000000191. The summed E-state index contributed by atoms with van der Waals surface area (Å²) in [4.78, 5) is 0. The summed E-state index contributed by atoms with van der Waals surface area (Å²) < 4.78 is 5.12. The van der Waals surface area contributed by atoms with Gasteiger partial charge in [-0.3, -0.25) is 0 Å². The van der Waals surface area contributed by atoms with Crippen LogP contribution in [0.15, 0.2) is 48.5 Å². The molecular formula is C16H16O3. The highest BCUT2D eigenvalue weighted by atomic mass is 16.5. The largest absolute Gasteiger partial charge is 0.508 e. The smallest absolute Gasteiger partial charge is 0.148 e. The molecule has 0 spiro atoms. The second-order valence-corrected chi connectivity index (χ2v) is 3.83. The first kappa shape index (κ1) is 14.5. The molecule has 3 heteroatoms. The Hall–Kier alpha value is -2.60. The van der Waals surface area contributed by atoms with E-state index in [-0.39, 0.29) is 11.5 Å². The third-order valence-electron chi connectivity index (χ3n) is 2.11. The summed E-state index contributed by atoms with van der Waals surface area (Å²) in [6.07, 6.45) is 5.00. The van der Waals surface area contributed by atoms with Crippen molar-refractivity contribution in [2.45, 2.75) is 6.92 Å². The van der Waals surface area contributed by atoms with Gasteiger partial charge in [0.25, 0.3) is 0 Å². The molecule has 0 saturated heterocycles. The van der Waals surface area contributed by atoms with Crippen molar-refractivity contribution in [3.63, 3.8) is 0 Å². The third-order valence-corrected chi connectivity index (χ3v) is 2.11. The zero-order chi connectivity index (χ0) is 14.1. The van der Waals surface area contributed by atoms with Crippen LogP contribution in [-0.2, 0) is 0 Å². The molecule has 19 heavy (non-hydrogen) atoms. The van der Waals surface area contributed by atoms with Gasteiger partial charge in [0.1, 0.15) is 23.9 Å². The highest BCUT2D eigenvalue weighted by Gasteiger charge is 1.91. The van der Waals surface area contributed by atoms with E-state index in [1.807, 2.05) is 30.3 Å². The van der Waals surface area contributed by atoms with Crippen LogP contribution in [0.5, 0.6) is 17.2 Å². The lowest BCUT2D eigenvalue weighted by atomic mass is 10.2. The summed E-state index contributed by atoms with van der Waals surface area (Å²) in [5.41, 5.74) is 0.854. The van der Waals surface area contributed by atoms with Gasteiger partial charge in [-0.2, -0.15) is 0 Å². The Bertz CT molecular complexity index is 491. The molecule has 0 aliphatic heterocycles. The molecule has 0 aliphatic rings. The molecule has 0 fully saturated rings. The second kappa shape index (κ2) is 7.67. The van der Waals surface area contributed by atoms with Gasteiger partial charge < -0.3 is 14.9 Å². The molecule has 0 unspecified atom stereocenters. The maximum Gasteiger partial charge on any atom is 0.148 e. The monoisotopic (exact) mass is 256 g/mol. The molecule has 0 aliphatic carbocycles. The summed E-state index contributed by atoms with van der Waals surface area (Å²) >= 11 is 0. The number of rotatable bonds is 2. The van der Waals surface area contributed by atoms with Gasteiger partial charge in [-0.1, -0.05) is 24.1 Å². The molecule has 2 N–H and O–H groups in total. The van der Waals surface area contributed by atoms with Crippen molar-refractivity contribution in [1.82, 2.24) is 0 Å². The second-order valence-electron chi connectivity index (χ2n) is 3.83. The first-order chi connectivity index (χ1) is 9.11. The minimum atomic E-state index is 0.104. The van der Waals surface area contributed by atoms with E-state index in [1.54, 1.807) is 19.1 Å². The lowest BCUT2D eigenvalue weighted by Gasteiger charge is -1.98. The standard InChI is InChI=1S/C9H8O.C7H8O2/c1-2-8-10-9-6-4-3-5-7-9;1-5-2-6(8)4-7(9)3-5/h1,3-7H,8H2;2-4,8-9H,1H3. The van der Waals surface area contributed by atoms with Crippen LogP contribution in [0.2, 0.25) is 0 Å². The van der Waals surface area contributed by atoms with Crippen LogP contribution in [0.25, 0.3) is 0 Å². The van der Waals surface area contributed by atoms with E-state index in [1.165, 1.54) is 6.07 Å². The van der Waals surface area contributed by atoms with Crippen molar-refractivity contribution in [2.75, 3.05) is 6.61 Å². The minimum Gasteiger partial charge on any atom is -0.508 e. The normalized spacial score (nSPS) is 8.84. The number of ether oxygens (including phenoxy) is 1. The maximum absolute atomic E-state index is 8.83. The van der Waals surface area contributed by atoms with E-state index in [2.05, 4.69) is 5.92 Å². The van der Waals surface area contributed by atoms with Crippen molar-refractivity contribution >= 4 is 0 Å². The summed E-state index contributed by atoms with van der Waals surface area (Å²) in [6.45, 7) is 2.14. The Labute approximate surface area is 113 Å². The average molecular weight is 256 g/mol. The van der Waals surface area contributed by atoms with Gasteiger partial charge in [0.2, 0.25) is 0 Å². The van der Waals surface area contributed by atoms with Crippen LogP contribution in [0.3, 0.4) is 0 Å². The zero-order valence-electron chi connectivity index (χ0n) is 10.7. The fourth-order valence-electron chi connectivity index (χ4n) is 1.38. The Kier molecular flexibility index (Phi) is 5.84. The first-order valence-corrected chi connectivity index (χ1v) is 5.72. The van der Waals surface area contributed by atoms with Crippen molar-refractivity contribution < 1.29 is 14.9 Å². The van der Waals surface area contributed by atoms with Gasteiger partial charge in [0, 0.05) is 6.07 Å². The summed E-state index contributed by atoms with van der Waals surface area (Å²) in [6, 6.07) is 14.0. The Morgan fingerprint density at radius 3 is 2.11 bits per heavy atom. The molecule has 0 amide bonds. The van der Waals surface area contributed by atoms with Crippen LogP contribution < -0.4 is 4.74 Å². The number of hydrogen-bond donors (Lipinski definition) is 2. The molecule has 0 saturated carbocycles. The molecule has 98 valence electrons. The molecule has 3 nitrogen and oxygen atoms in total. The number of aryl methyl sites for hydroxylation is 1. The predicted octanol–water partition coefficient (Wildman–Crippen LogP) is 3.10. The number of terminal acetylenes is 1. The summed E-state index contributed by atoms with van der Waals surface area (Å²) in [5, 5.41) is 17.7. The molecule has 0 heterocycles. The van der Waals surface area contributed by atoms with Crippen molar-refractivity contribution in [1.29, 1.82) is 0 Å². The van der Waals surface area contributed by atoms with E-state index >= 15 is 0 Å². The van der Waals surface area contributed by atoms with E-state index in [0.717, 1.165) is 11.3 Å². The van der Waals surface area contributed by atoms with Gasteiger partial charge in [-0.05, 0) is 36.8 Å². The van der Waals surface area contributed by atoms with Crippen LogP contribution in [0, 0.1) is 19.3 Å². The third kappa shape index (κ3) is 6.04. The van der Waals surface area contributed by atoms with E-state index in [0.29, 0.717) is 6.61 Å². The summed E-state index contributed by atoms with van der Waals surface area (Å²) in [7, 11) is 0. The highest BCUT2D eigenvalue weighted by molar-refractivity contribution is 5.35. The van der Waals surface area contributed by atoms with Crippen molar-refractivity contribution in [2.24, 2.45) is 0 Å². The molecule has 0 atom stereocenters. The van der Waals surface area contributed by atoms with E-state index < -0.39 is 0 Å². The van der Waals surface area contributed by atoms with Crippen LogP contribution >= 0.6 is 0 Å². The first-order valence-electron chi connectivity index (χ1n) is 5.72. The zero-order valence-corrected chi connectivity index (χ0v) is 10.7. The Morgan fingerprint density at radius 1 is 1.05 bits per heavy atom. The van der Waals surface area contributed by atoms with E-state index in [4.69, 9.17) is 21.4 Å². The number of aromatic hydroxyl groups is 2. The number of phenols is 2.